The topological polar surface area (TPSA) is 77.3 Å². The van der Waals surface area contributed by atoms with Crippen molar-refractivity contribution in [2.24, 2.45) is 0 Å². The summed E-state index contributed by atoms with van der Waals surface area (Å²) < 4.78 is 0. The minimum atomic E-state index is 0.738. The van der Waals surface area contributed by atoms with Crippen LogP contribution < -0.4 is 0 Å². The quantitative estimate of drug-likeness (QED) is 0.121. The van der Waals surface area contributed by atoms with Gasteiger partial charge in [0.15, 0.2) is 17.5 Å². The van der Waals surface area contributed by atoms with Crippen LogP contribution in [0, 0.1) is 20.8 Å². The van der Waals surface area contributed by atoms with E-state index in [4.69, 9.17) is 29.9 Å². The maximum Gasteiger partial charge on any atom is 0.160 e. The zero-order valence-electron chi connectivity index (χ0n) is 52.1. The van der Waals surface area contributed by atoms with E-state index in [0.717, 1.165) is 107 Å². The maximum atomic E-state index is 4.95. The number of rotatable bonds is 12. The first-order chi connectivity index (χ1) is 45.8. The van der Waals surface area contributed by atoms with Gasteiger partial charge in [-0.05, 0) is 90.0 Å². The largest absolute Gasteiger partial charge is 0.228 e. The van der Waals surface area contributed by atoms with Crippen LogP contribution in [0.4, 0.5) is 0 Å². The summed E-state index contributed by atoms with van der Waals surface area (Å²) >= 11 is 0. The molecule has 0 radical (unpaired) electrons. The lowest BCUT2D eigenvalue weighted by atomic mass is 10.0. The van der Waals surface area contributed by atoms with E-state index in [1.165, 1.54) is 44.5 Å². The molecule has 3 heterocycles. The summed E-state index contributed by atoms with van der Waals surface area (Å²) in [6.07, 6.45) is 0. The predicted molar refractivity (Wildman–Crippen MR) is 386 cm³/mol. The second-order valence-electron chi connectivity index (χ2n) is 22.9. The molecule has 444 valence electrons. The zero-order valence-corrected chi connectivity index (χ0v) is 52.1. The number of nitrogens with zero attached hydrogens (tertiary/aromatic N) is 6. The fourth-order valence-electron chi connectivity index (χ4n) is 11.2. The van der Waals surface area contributed by atoms with Crippen molar-refractivity contribution in [3.8, 4) is 135 Å². The molecule has 0 aliphatic rings. The van der Waals surface area contributed by atoms with Crippen LogP contribution >= 0.6 is 0 Å². The van der Waals surface area contributed by atoms with Gasteiger partial charge < -0.3 is 0 Å². The minimum absolute atomic E-state index is 0.738. The summed E-state index contributed by atoms with van der Waals surface area (Å²) in [6.45, 7) is 6.29. The average Bonchev–Trinajstić information content (AvgIpc) is 1.02. The molecule has 12 aromatic carbocycles. The Morgan fingerprint density at radius 2 is 0.398 bits per heavy atom. The molecule has 0 amide bonds. The first-order valence-electron chi connectivity index (χ1n) is 31.3. The van der Waals surface area contributed by atoms with E-state index in [2.05, 4.69) is 282 Å². The lowest BCUT2D eigenvalue weighted by Gasteiger charge is -2.11. The van der Waals surface area contributed by atoms with E-state index >= 15 is 0 Å². The van der Waals surface area contributed by atoms with Gasteiger partial charge >= 0.3 is 0 Å². The van der Waals surface area contributed by atoms with Gasteiger partial charge in [-0.15, -0.1) is 0 Å². The van der Waals surface area contributed by atoms with E-state index < -0.39 is 0 Å². The minimum Gasteiger partial charge on any atom is -0.228 e. The van der Waals surface area contributed by atoms with Crippen molar-refractivity contribution in [3.05, 3.63) is 362 Å². The molecule has 0 saturated carbocycles. The van der Waals surface area contributed by atoms with Crippen LogP contribution in [-0.2, 0) is 0 Å². The summed E-state index contributed by atoms with van der Waals surface area (Å²) in [5.41, 5.74) is 25.9. The molecule has 0 aliphatic carbocycles. The monoisotopic (exact) mass is 1190 g/mol. The number of benzene rings is 12. The van der Waals surface area contributed by atoms with E-state index in [-0.39, 0.29) is 0 Å². The average molecular weight is 1200 g/mol. The summed E-state index contributed by atoms with van der Waals surface area (Å²) in [5, 5.41) is 0. The summed E-state index contributed by atoms with van der Waals surface area (Å²) in [5.74, 6) is 2.23. The first-order valence-corrected chi connectivity index (χ1v) is 31.3. The summed E-state index contributed by atoms with van der Waals surface area (Å²) in [6, 6.07) is 119. The highest BCUT2D eigenvalue weighted by Crippen LogP contribution is 2.34. The Bertz CT molecular complexity index is 4720. The van der Waals surface area contributed by atoms with E-state index in [9.17, 15) is 0 Å². The van der Waals surface area contributed by atoms with Gasteiger partial charge in [0.2, 0.25) is 0 Å². The van der Waals surface area contributed by atoms with Gasteiger partial charge in [-0.3, -0.25) is 0 Å². The van der Waals surface area contributed by atoms with Gasteiger partial charge in [0, 0.05) is 50.1 Å². The highest BCUT2D eigenvalue weighted by molar-refractivity contribution is 5.78. The van der Waals surface area contributed by atoms with Crippen molar-refractivity contribution in [3.63, 3.8) is 0 Å². The Kier molecular flexibility index (Phi) is 18.4. The molecule has 6 nitrogen and oxygen atoms in total. The molecule has 0 aliphatic heterocycles. The Morgan fingerprint density at radius 1 is 0.161 bits per heavy atom. The Morgan fingerprint density at radius 3 is 0.753 bits per heavy atom. The van der Waals surface area contributed by atoms with E-state index in [0.29, 0.717) is 0 Å². The van der Waals surface area contributed by atoms with Crippen LogP contribution in [0.15, 0.2) is 346 Å². The smallest absolute Gasteiger partial charge is 0.160 e. The predicted octanol–water partition coefficient (Wildman–Crippen LogP) is 22.4. The Balaban J connectivity index is 0.000000127. The van der Waals surface area contributed by atoms with Crippen LogP contribution in [-0.4, -0.2) is 29.9 Å². The van der Waals surface area contributed by atoms with E-state index in [1.54, 1.807) is 0 Å². The van der Waals surface area contributed by atoms with Gasteiger partial charge in [-0.1, -0.05) is 327 Å². The third kappa shape index (κ3) is 14.8. The maximum absolute atomic E-state index is 4.95. The van der Waals surface area contributed by atoms with Crippen LogP contribution in [0.3, 0.4) is 0 Å². The number of hydrogen-bond donors (Lipinski definition) is 0. The van der Waals surface area contributed by atoms with Gasteiger partial charge in [0.05, 0.1) is 34.2 Å². The second-order valence-corrected chi connectivity index (χ2v) is 22.9. The molecule has 0 spiro atoms. The molecule has 15 rings (SSSR count). The standard InChI is InChI=1S/3C29H22N2/c1-21-10-8-9-15-26(21)29-30-27(24-13-6-3-7-14-24)20-28(31-29)25-18-16-23(17-19-25)22-11-4-2-5-12-22;1-21-9-8-14-26(19-21)28-20-27(30-29(31-28)25-12-6-3-7-13-25)24-17-15-23(16-18-24)22-10-4-2-5-11-22;1-21-9-8-14-26(19-21)29-30-27(24-12-6-3-7-13-24)20-28(31-29)25-17-15-23(16-18-25)22-10-4-2-5-11-22/h3*2-20H,1H3. The van der Waals surface area contributed by atoms with E-state index in [1.807, 2.05) is 84.9 Å². The molecular weight excluding hydrogens is 1130 g/mol. The van der Waals surface area contributed by atoms with Crippen LogP contribution in [0.5, 0.6) is 0 Å². The van der Waals surface area contributed by atoms with Gasteiger partial charge in [0.25, 0.3) is 0 Å². The molecule has 93 heavy (non-hydrogen) atoms. The number of aryl methyl sites for hydroxylation is 3. The molecule has 0 bridgehead atoms. The normalized spacial score (nSPS) is 10.7. The SMILES string of the molecule is Cc1cccc(-c2cc(-c3ccc(-c4ccccc4)cc3)nc(-c3ccccc3)n2)c1.Cc1cccc(-c2nc(-c3ccccc3)cc(-c3ccc(-c4ccccc4)cc3)n2)c1.Cc1ccccc1-c1nc(-c2ccccc2)cc(-c2ccc(-c3ccccc3)cc2)n1. The van der Waals surface area contributed by atoms with Crippen LogP contribution in [0.2, 0.25) is 0 Å². The molecular formula is C87H66N6. The molecule has 0 N–H and O–H groups in total. The third-order valence-electron chi connectivity index (χ3n) is 16.2. The second kappa shape index (κ2) is 28.6. The highest BCUT2D eigenvalue weighted by atomic mass is 14.9. The molecule has 0 saturated heterocycles. The molecule has 6 heteroatoms. The fourth-order valence-corrected chi connectivity index (χ4v) is 11.2. The van der Waals surface area contributed by atoms with Gasteiger partial charge in [-0.2, -0.15) is 0 Å². The lowest BCUT2D eigenvalue weighted by molar-refractivity contribution is 1.17. The molecule has 0 fully saturated rings. The summed E-state index contributed by atoms with van der Waals surface area (Å²) in [4.78, 5) is 29.5. The first kappa shape index (κ1) is 59.8. The van der Waals surface area contributed by atoms with Crippen LogP contribution in [0.25, 0.3) is 135 Å². The summed E-state index contributed by atoms with van der Waals surface area (Å²) in [7, 11) is 0. The van der Waals surface area contributed by atoms with Crippen molar-refractivity contribution < 1.29 is 0 Å². The van der Waals surface area contributed by atoms with Crippen molar-refractivity contribution in [1.82, 2.24) is 29.9 Å². The van der Waals surface area contributed by atoms with Gasteiger partial charge in [0.1, 0.15) is 0 Å². The third-order valence-corrected chi connectivity index (χ3v) is 16.2. The number of hydrogen-bond acceptors (Lipinski definition) is 6. The molecule has 0 atom stereocenters. The van der Waals surface area contributed by atoms with Crippen LogP contribution in [0.1, 0.15) is 16.7 Å². The fraction of sp³-hybridized carbons (Fsp3) is 0.0345. The van der Waals surface area contributed by atoms with Gasteiger partial charge in [-0.25, -0.2) is 29.9 Å². The van der Waals surface area contributed by atoms with Crippen molar-refractivity contribution in [1.29, 1.82) is 0 Å². The Hall–Kier alpha value is -12.1. The zero-order chi connectivity index (χ0) is 63.1. The van der Waals surface area contributed by atoms with Crippen molar-refractivity contribution in [2.75, 3.05) is 0 Å². The molecule has 15 aromatic rings. The lowest BCUT2D eigenvalue weighted by Crippen LogP contribution is -1.97. The molecule has 3 aromatic heterocycles. The molecule has 0 unspecified atom stereocenters. The van der Waals surface area contributed by atoms with Crippen molar-refractivity contribution in [2.45, 2.75) is 20.8 Å². The van der Waals surface area contributed by atoms with Crippen molar-refractivity contribution >= 4 is 0 Å². The Labute approximate surface area is 545 Å². The number of aromatic nitrogens is 6. The highest BCUT2D eigenvalue weighted by Gasteiger charge is 2.16.